The van der Waals surface area contributed by atoms with Gasteiger partial charge < -0.3 is 10.4 Å². The van der Waals surface area contributed by atoms with Gasteiger partial charge in [-0.05, 0) is 38.5 Å². The molecule has 1 aromatic heterocycles. The number of aryl methyl sites for hydroxylation is 2. The molecule has 0 saturated heterocycles. The van der Waals surface area contributed by atoms with Crippen LogP contribution in [-0.4, -0.2) is 27.3 Å². The maximum Gasteiger partial charge on any atom is 0.224 e. The number of aliphatic hydroxyl groups excluding tert-OH is 1. The van der Waals surface area contributed by atoms with E-state index in [9.17, 15) is 18.7 Å². The molecule has 124 valence electrons. The molecule has 3 N–H and O–H groups in total. The van der Waals surface area contributed by atoms with E-state index >= 15 is 0 Å². The zero-order valence-electron chi connectivity index (χ0n) is 13.2. The first-order chi connectivity index (χ1) is 10.8. The molecular weight excluding hydrogens is 304 g/mol. The average Bonchev–Trinajstić information content (AvgIpc) is 2.81. The molecule has 1 aromatic carbocycles. The smallest absolute Gasteiger partial charge is 0.224 e. The van der Waals surface area contributed by atoms with Crippen LogP contribution >= 0.6 is 0 Å². The molecule has 0 aliphatic heterocycles. The molecule has 0 aliphatic carbocycles. The van der Waals surface area contributed by atoms with Crippen molar-refractivity contribution in [2.45, 2.75) is 39.3 Å². The molecule has 2 atom stereocenters. The zero-order chi connectivity index (χ0) is 17.1. The third-order valence-electron chi connectivity index (χ3n) is 3.77. The van der Waals surface area contributed by atoms with E-state index in [2.05, 4.69) is 15.5 Å². The van der Waals surface area contributed by atoms with E-state index in [1.807, 2.05) is 6.92 Å². The zero-order valence-corrected chi connectivity index (χ0v) is 13.2. The van der Waals surface area contributed by atoms with Gasteiger partial charge in [0.2, 0.25) is 5.91 Å². The Balaban J connectivity index is 2.01. The number of nitrogens with zero attached hydrogens (tertiary/aromatic N) is 1. The topological polar surface area (TPSA) is 78.0 Å². The van der Waals surface area contributed by atoms with E-state index in [0.29, 0.717) is 0 Å². The maximum atomic E-state index is 13.2. The van der Waals surface area contributed by atoms with Crippen molar-refractivity contribution in [1.82, 2.24) is 15.5 Å². The quantitative estimate of drug-likeness (QED) is 0.788. The molecule has 2 rings (SSSR count). The van der Waals surface area contributed by atoms with Gasteiger partial charge in [-0.3, -0.25) is 9.89 Å². The van der Waals surface area contributed by atoms with Gasteiger partial charge >= 0.3 is 0 Å². The van der Waals surface area contributed by atoms with Crippen LogP contribution in [0.4, 0.5) is 8.78 Å². The maximum absolute atomic E-state index is 13.2. The monoisotopic (exact) mass is 323 g/mol. The van der Waals surface area contributed by atoms with Crippen molar-refractivity contribution in [2.75, 3.05) is 0 Å². The number of halogens is 2. The third-order valence-corrected chi connectivity index (χ3v) is 3.77. The van der Waals surface area contributed by atoms with E-state index in [0.717, 1.165) is 29.1 Å². The lowest BCUT2D eigenvalue weighted by atomic mass is 10.0. The van der Waals surface area contributed by atoms with Crippen LogP contribution in [0.25, 0.3) is 0 Å². The molecule has 7 heteroatoms. The van der Waals surface area contributed by atoms with Crippen LogP contribution in [0.3, 0.4) is 0 Å². The van der Waals surface area contributed by atoms with Gasteiger partial charge in [0.15, 0.2) is 11.6 Å². The Labute approximate surface area is 132 Å². The van der Waals surface area contributed by atoms with Gasteiger partial charge in [0.25, 0.3) is 0 Å². The van der Waals surface area contributed by atoms with Gasteiger partial charge in [-0.2, -0.15) is 5.10 Å². The number of hydrogen-bond acceptors (Lipinski definition) is 3. The van der Waals surface area contributed by atoms with Crippen LogP contribution in [0.5, 0.6) is 0 Å². The molecule has 0 bridgehead atoms. The number of carbonyl (C=O) groups excluding carboxylic acids is 1. The fourth-order valence-corrected chi connectivity index (χ4v) is 2.36. The van der Waals surface area contributed by atoms with Gasteiger partial charge in [-0.25, -0.2) is 8.78 Å². The minimum Gasteiger partial charge on any atom is -0.386 e. The van der Waals surface area contributed by atoms with Crippen LogP contribution in [0.1, 0.15) is 35.5 Å². The first-order valence-electron chi connectivity index (χ1n) is 7.22. The highest BCUT2D eigenvalue weighted by atomic mass is 19.2. The predicted molar refractivity (Wildman–Crippen MR) is 80.7 cm³/mol. The number of aromatic amines is 1. The number of aliphatic hydroxyl groups is 1. The van der Waals surface area contributed by atoms with E-state index in [1.54, 1.807) is 13.8 Å². The minimum atomic E-state index is -1.14. The van der Waals surface area contributed by atoms with Crippen molar-refractivity contribution in [3.8, 4) is 0 Å². The van der Waals surface area contributed by atoms with E-state index in [4.69, 9.17) is 0 Å². The number of rotatable bonds is 5. The SMILES string of the molecule is Cc1n[nH]c(C)c1CC(=O)N[C@H](C)[C@@H](O)c1ccc(F)c(F)c1. The number of H-pyrrole nitrogens is 1. The molecular formula is C16H19F2N3O2. The van der Waals surface area contributed by atoms with Crippen LogP contribution in [0.15, 0.2) is 18.2 Å². The normalized spacial score (nSPS) is 13.7. The fourth-order valence-electron chi connectivity index (χ4n) is 2.36. The van der Waals surface area contributed by atoms with Gasteiger partial charge in [0.1, 0.15) is 0 Å². The Morgan fingerprint density at radius 3 is 2.61 bits per heavy atom. The molecule has 1 amide bonds. The van der Waals surface area contributed by atoms with Crippen LogP contribution in [-0.2, 0) is 11.2 Å². The summed E-state index contributed by atoms with van der Waals surface area (Å²) in [6, 6.07) is 2.50. The lowest BCUT2D eigenvalue weighted by molar-refractivity contribution is -0.121. The molecule has 23 heavy (non-hydrogen) atoms. The largest absolute Gasteiger partial charge is 0.386 e. The highest BCUT2D eigenvalue weighted by Crippen LogP contribution is 2.19. The molecule has 0 fully saturated rings. The number of carbonyl (C=O) groups is 1. The van der Waals surface area contributed by atoms with Crippen LogP contribution in [0, 0.1) is 25.5 Å². The lowest BCUT2D eigenvalue weighted by Gasteiger charge is -2.21. The van der Waals surface area contributed by atoms with E-state index in [1.165, 1.54) is 6.07 Å². The molecule has 2 aromatic rings. The first kappa shape index (κ1) is 17.1. The predicted octanol–water partition coefficient (Wildman–Crippen LogP) is 2.09. The molecule has 5 nitrogen and oxygen atoms in total. The first-order valence-corrected chi connectivity index (χ1v) is 7.22. The number of nitrogens with one attached hydrogen (secondary N) is 2. The number of benzene rings is 1. The van der Waals surface area contributed by atoms with Crippen molar-refractivity contribution in [2.24, 2.45) is 0 Å². The number of amides is 1. The standard InChI is InChI=1S/C16H19F2N3O2/c1-8-12(9(2)21-20-8)7-15(22)19-10(3)16(23)11-4-5-13(17)14(18)6-11/h4-6,10,16,23H,7H2,1-3H3,(H,19,22)(H,20,21)/t10-,16-/m1/s1. The van der Waals surface area contributed by atoms with Crippen molar-refractivity contribution in [3.63, 3.8) is 0 Å². The molecule has 0 aliphatic rings. The van der Waals surface area contributed by atoms with E-state index < -0.39 is 23.8 Å². The number of hydrogen-bond donors (Lipinski definition) is 3. The highest BCUT2D eigenvalue weighted by Gasteiger charge is 2.21. The summed E-state index contributed by atoms with van der Waals surface area (Å²) in [7, 11) is 0. The summed E-state index contributed by atoms with van der Waals surface area (Å²) in [6.45, 7) is 5.22. The third kappa shape index (κ3) is 3.92. The summed E-state index contributed by atoms with van der Waals surface area (Å²) in [5.41, 5.74) is 2.56. The summed E-state index contributed by atoms with van der Waals surface area (Å²) in [5, 5.41) is 19.6. The van der Waals surface area contributed by atoms with Gasteiger partial charge in [-0.15, -0.1) is 0 Å². The second-order valence-corrected chi connectivity index (χ2v) is 5.56. The Kier molecular flexibility index (Phi) is 5.10. The Bertz CT molecular complexity index is 696. The second-order valence-electron chi connectivity index (χ2n) is 5.56. The second kappa shape index (κ2) is 6.87. The Hall–Kier alpha value is -2.28. The summed E-state index contributed by atoms with van der Waals surface area (Å²) >= 11 is 0. The molecule has 0 unspecified atom stereocenters. The summed E-state index contributed by atoms with van der Waals surface area (Å²) in [5.74, 6) is -2.31. The fraction of sp³-hybridized carbons (Fsp3) is 0.375. The average molecular weight is 323 g/mol. The van der Waals surface area contributed by atoms with E-state index in [-0.39, 0.29) is 17.9 Å². The summed E-state index contributed by atoms with van der Waals surface area (Å²) in [4.78, 5) is 12.1. The Morgan fingerprint density at radius 2 is 2.04 bits per heavy atom. The lowest BCUT2D eigenvalue weighted by Crippen LogP contribution is -2.38. The minimum absolute atomic E-state index is 0.128. The summed E-state index contributed by atoms with van der Waals surface area (Å²) < 4.78 is 26.1. The van der Waals surface area contributed by atoms with Gasteiger partial charge in [0, 0.05) is 11.3 Å². The summed E-state index contributed by atoms with van der Waals surface area (Å²) in [6.07, 6.45) is -1.01. The highest BCUT2D eigenvalue weighted by molar-refractivity contribution is 5.79. The van der Waals surface area contributed by atoms with Crippen LogP contribution in [0.2, 0.25) is 0 Å². The van der Waals surface area contributed by atoms with Crippen molar-refractivity contribution in [1.29, 1.82) is 0 Å². The van der Waals surface area contributed by atoms with Crippen molar-refractivity contribution < 1.29 is 18.7 Å². The Morgan fingerprint density at radius 1 is 1.35 bits per heavy atom. The molecule has 0 saturated carbocycles. The van der Waals surface area contributed by atoms with Gasteiger partial charge in [-0.1, -0.05) is 6.07 Å². The van der Waals surface area contributed by atoms with Gasteiger partial charge in [0.05, 0.1) is 24.3 Å². The van der Waals surface area contributed by atoms with Crippen LogP contribution < -0.4 is 5.32 Å². The number of aromatic nitrogens is 2. The molecule has 0 spiro atoms. The van der Waals surface area contributed by atoms with Crippen molar-refractivity contribution >= 4 is 5.91 Å². The molecule has 0 radical (unpaired) electrons. The molecule has 1 heterocycles. The van der Waals surface area contributed by atoms with Crippen molar-refractivity contribution in [3.05, 3.63) is 52.3 Å².